The molecule has 6 nitrogen and oxygen atoms in total. The number of urea groups is 1. The fourth-order valence-corrected chi connectivity index (χ4v) is 2.02. The molecule has 0 aliphatic heterocycles. The van der Waals surface area contributed by atoms with E-state index in [0.29, 0.717) is 15.6 Å². The molecular weight excluding hydrogens is 355 g/mol. The van der Waals surface area contributed by atoms with Gasteiger partial charge in [-0.15, -0.1) is 0 Å². The van der Waals surface area contributed by atoms with Crippen LogP contribution in [-0.2, 0) is 14.3 Å². The Labute approximate surface area is 149 Å². The van der Waals surface area contributed by atoms with Gasteiger partial charge in [-0.2, -0.15) is 0 Å². The maximum absolute atomic E-state index is 11.7. The van der Waals surface area contributed by atoms with Gasteiger partial charge in [0.15, 0.2) is 6.10 Å². The van der Waals surface area contributed by atoms with Crippen molar-refractivity contribution >= 4 is 47.2 Å². The van der Waals surface area contributed by atoms with Crippen LogP contribution in [0, 0.1) is 0 Å². The molecule has 1 unspecified atom stereocenters. The Morgan fingerprint density at radius 3 is 2.58 bits per heavy atom. The van der Waals surface area contributed by atoms with E-state index in [1.54, 1.807) is 18.2 Å². The molecule has 1 atom stereocenters. The van der Waals surface area contributed by atoms with Crippen molar-refractivity contribution in [3.8, 4) is 0 Å². The van der Waals surface area contributed by atoms with Crippen LogP contribution in [0.15, 0.2) is 24.3 Å². The summed E-state index contributed by atoms with van der Waals surface area (Å²) in [7, 11) is 0. The highest BCUT2D eigenvalue weighted by Gasteiger charge is 2.25. The van der Waals surface area contributed by atoms with Crippen molar-refractivity contribution in [2.24, 2.45) is 0 Å². The quantitative estimate of drug-likeness (QED) is 0.616. The summed E-state index contributed by atoms with van der Waals surface area (Å²) in [6.45, 7) is 1.38. The zero-order valence-electron chi connectivity index (χ0n) is 12.8. The van der Waals surface area contributed by atoms with Crippen molar-refractivity contribution in [1.82, 2.24) is 10.6 Å². The number of halogens is 2. The average molecular weight is 371 g/mol. The molecule has 0 spiro atoms. The summed E-state index contributed by atoms with van der Waals surface area (Å²) in [6.07, 6.45) is 3.36. The summed E-state index contributed by atoms with van der Waals surface area (Å²) in [6, 6.07) is 4.41. The predicted octanol–water partition coefficient (Wildman–Crippen LogP) is 2.93. The van der Waals surface area contributed by atoms with Gasteiger partial charge in [-0.3, -0.25) is 10.1 Å². The lowest BCUT2D eigenvalue weighted by atomic mass is 10.2. The van der Waals surface area contributed by atoms with Gasteiger partial charge in [0.2, 0.25) is 0 Å². The van der Waals surface area contributed by atoms with E-state index < -0.39 is 24.0 Å². The Hall–Kier alpha value is -2.05. The molecular formula is C16H16Cl2N2O4. The molecule has 0 bridgehead atoms. The minimum Gasteiger partial charge on any atom is -0.449 e. The highest BCUT2D eigenvalue weighted by Crippen LogP contribution is 2.23. The number of esters is 1. The summed E-state index contributed by atoms with van der Waals surface area (Å²) in [5, 5.41) is 5.49. The van der Waals surface area contributed by atoms with Crippen LogP contribution in [0.3, 0.4) is 0 Å². The van der Waals surface area contributed by atoms with Crippen molar-refractivity contribution in [2.45, 2.75) is 31.9 Å². The molecule has 0 saturated heterocycles. The normalized spacial score (nSPS) is 15.0. The number of imide groups is 1. The van der Waals surface area contributed by atoms with Crippen LogP contribution in [-0.4, -0.2) is 30.1 Å². The highest BCUT2D eigenvalue weighted by molar-refractivity contribution is 6.42. The smallest absolute Gasteiger partial charge is 0.331 e. The molecule has 2 N–H and O–H groups in total. The molecule has 8 heteroatoms. The van der Waals surface area contributed by atoms with Crippen LogP contribution in [0.1, 0.15) is 25.3 Å². The fraction of sp³-hybridized carbons (Fsp3) is 0.312. The van der Waals surface area contributed by atoms with Crippen molar-refractivity contribution in [2.75, 3.05) is 0 Å². The molecule has 2 rings (SSSR count). The van der Waals surface area contributed by atoms with E-state index in [-0.39, 0.29) is 6.04 Å². The van der Waals surface area contributed by atoms with E-state index in [9.17, 15) is 14.4 Å². The topological polar surface area (TPSA) is 84.5 Å². The number of carbonyl (C=O) groups is 3. The van der Waals surface area contributed by atoms with Crippen molar-refractivity contribution in [3.63, 3.8) is 0 Å². The van der Waals surface area contributed by atoms with Gasteiger partial charge in [0.1, 0.15) is 0 Å². The Balaban J connectivity index is 1.81. The van der Waals surface area contributed by atoms with E-state index >= 15 is 0 Å². The van der Waals surface area contributed by atoms with Crippen LogP contribution in [0.4, 0.5) is 4.79 Å². The van der Waals surface area contributed by atoms with Crippen LogP contribution in [0.25, 0.3) is 6.08 Å². The number of hydrogen-bond donors (Lipinski definition) is 2. The Bertz CT molecular complexity index is 687. The lowest BCUT2D eigenvalue weighted by molar-refractivity contribution is -0.149. The Morgan fingerprint density at radius 1 is 1.25 bits per heavy atom. The molecule has 1 aliphatic rings. The Kier molecular flexibility index (Phi) is 6.23. The minimum absolute atomic E-state index is 0.129. The van der Waals surface area contributed by atoms with Crippen LogP contribution >= 0.6 is 23.2 Å². The van der Waals surface area contributed by atoms with E-state index in [0.717, 1.165) is 18.9 Å². The molecule has 0 aromatic heterocycles. The number of rotatable bonds is 5. The van der Waals surface area contributed by atoms with Gasteiger partial charge in [0.25, 0.3) is 5.91 Å². The van der Waals surface area contributed by atoms with E-state index in [2.05, 4.69) is 10.6 Å². The third-order valence-electron chi connectivity index (χ3n) is 3.17. The molecule has 1 saturated carbocycles. The number of nitrogens with one attached hydrogen (secondary N) is 2. The molecule has 1 fully saturated rings. The molecule has 128 valence electrons. The first kappa shape index (κ1) is 18.3. The lowest BCUT2D eigenvalue weighted by Crippen LogP contribution is -2.45. The molecule has 0 heterocycles. The number of benzene rings is 1. The molecule has 1 aromatic rings. The zero-order chi connectivity index (χ0) is 17.7. The minimum atomic E-state index is -1.10. The first-order chi connectivity index (χ1) is 11.3. The van der Waals surface area contributed by atoms with Crippen molar-refractivity contribution in [1.29, 1.82) is 0 Å². The van der Waals surface area contributed by atoms with Crippen LogP contribution in [0.5, 0.6) is 0 Å². The molecule has 1 aliphatic carbocycles. The zero-order valence-corrected chi connectivity index (χ0v) is 14.4. The monoisotopic (exact) mass is 370 g/mol. The van der Waals surface area contributed by atoms with Crippen LogP contribution in [0.2, 0.25) is 10.0 Å². The van der Waals surface area contributed by atoms with E-state index in [4.69, 9.17) is 27.9 Å². The largest absolute Gasteiger partial charge is 0.449 e. The number of carbonyl (C=O) groups excluding carboxylic acids is 3. The van der Waals surface area contributed by atoms with Gasteiger partial charge in [0, 0.05) is 12.1 Å². The molecule has 1 aromatic carbocycles. The first-order valence-corrected chi connectivity index (χ1v) is 8.06. The highest BCUT2D eigenvalue weighted by atomic mass is 35.5. The lowest BCUT2D eigenvalue weighted by Gasteiger charge is -2.11. The third-order valence-corrected chi connectivity index (χ3v) is 3.91. The summed E-state index contributed by atoms with van der Waals surface area (Å²) in [5.41, 5.74) is 0.655. The van der Waals surface area contributed by atoms with Gasteiger partial charge in [-0.05, 0) is 43.5 Å². The van der Waals surface area contributed by atoms with E-state index in [1.165, 1.54) is 13.0 Å². The summed E-state index contributed by atoms with van der Waals surface area (Å²) in [5.74, 6) is -1.41. The number of ether oxygens (including phenoxy) is 1. The SMILES string of the molecule is CC(OC(=O)/C=C/c1ccc(Cl)c(Cl)c1)C(=O)NC(=O)NC1CC1. The van der Waals surface area contributed by atoms with Crippen LogP contribution < -0.4 is 10.6 Å². The standard InChI is InChI=1S/C16H16Cl2N2O4/c1-9(15(22)20-16(23)19-11-4-5-11)24-14(21)7-3-10-2-6-12(17)13(18)8-10/h2-3,6-9,11H,4-5H2,1H3,(H2,19,20,22,23)/b7-3+. The summed E-state index contributed by atoms with van der Waals surface area (Å²) < 4.78 is 4.93. The van der Waals surface area contributed by atoms with Gasteiger partial charge < -0.3 is 10.1 Å². The maximum atomic E-state index is 11.7. The van der Waals surface area contributed by atoms with Gasteiger partial charge in [-0.25, -0.2) is 9.59 Å². The molecule has 0 radical (unpaired) electrons. The third kappa shape index (κ3) is 5.86. The van der Waals surface area contributed by atoms with Crippen molar-refractivity contribution < 1.29 is 19.1 Å². The molecule has 3 amide bonds. The second kappa shape index (κ2) is 8.17. The second-order valence-corrected chi connectivity index (χ2v) is 6.14. The van der Waals surface area contributed by atoms with Gasteiger partial charge in [0.05, 0.1) is 10.0 Å². The Morgan fingerprint density at radius 2 is 1.96 bits per heavy atom. The predicted molar refractivity (Wildman–Crippen MR) is 90.7 cm³/mol. The number of hydrogen-bond acceptors (Lipinski definition) is 4. The number of amides is 3. The maximum Gasteiger partial charge on any atom is 0.331 e. The van der Waals surface area contributed by atoms with Gasteiger partial charge >= 0.3 is 12.0 Å². The van der Waals surface area contributed by atoms with Gasteiger partial charge in [-0.1, -0.05) is 29.3 Å². The molecule has 24 heavy (non-hydrogen) atoms. The first-order valence-electron chi connectivity index (χ1n) is 7.30. The van der Waals surface area contributed by atoms with E-state index in [1.807, 2.05) is 0 Å². The summed E-state index contributed by atoms with van der Waals surface area (Å²) >= 11 is 11.7. The summed E-state index contributed by atoms with van der Waals surface area (Å²) in [4.78, 5) is 34.9. The van der Waals surface area contributed by atoms with Crippen molar-refractivity contribution in [3.05, 3.63) is 39.9 Å². The average Bonchev–Trinajstić information content (AvgIpc) is 3.32. The second-order valence-electron chi connectivity index (χ2n) is 5.32. The fourth-order valence-electron chi connectivity index (χ4n) is 1.71.